The highest BCUT2D eigenvalue weighted by molar-refractivity contribution is 5.92. The first-order valence-electron chi connectivity index (χ1n) is 10.2. The van der Waals surface area contributed by atoms with E-state index < -0.39 is 0 Å². The molecule has 0 aliphatic carbocycles. The number of aromatic nitrogens is 4. The van der Waals surface area contributed by atoms with Crippen molar-refractivity contribution < 1.29 is 9.32 Å². The molecule has 4 aromatic rings. The Morgan fingerprint density at radius 3 is 2.60 bits per heavy atom. The molecule has 30 heavy (non-hydrogen) atoms. The Morgan fingerprint density at radius 1 is 1.13 bits per heavy atom. The molecule has 1 fully saturated rings. The molecule has 3 aromatic heterocycles. The number of rotatable bonds is 3. The van der Waals surface area contributed by atoms with E-state index in [4.69, 9.17) is 9.51 Å². The van der Waals surface area contributed by atoms with E-state index in [2.05, 4.69) is 28.3 Å². The number of imidazole rings is 1. The normalized spacial score (nSPS) is 15.1. The Hall–Kier alpha value is -3.48. The lowest BCUT2D eigenvalue weighted by Gasteiger charge is -2.31. The molecule has 1 aromatic carbocycles. The molecule has 1 aliphatic rings. The van der Waals surface area contributed by atoms with E-state index in [1.54, 1.807) is 13.0 Å². The van der Waals surface area contributed by atoms with Crippen molar-refractivity contribution in [1.82, 2.24) is 24.6 Å². The van der Waals surface area contributed by atoms with Gasteiger partial charge in [0.15, 0.2) is 5.69 Å². The van der Waals surface area contributed by atoms with E-state index in [0.29, 0.717) is 30.5 Å². The second kappa shape index (κ2) is 7.40. The zero-order chi connectivity index (χ0) is 20.7. The van der Waals surface area contributed by atoms with Crippen LogP contribution in [0.5, 0.6) is 0 Å². The van der Waals surface area contributed by atoms with Gasteiger partial charge in [-0.2, -0.15) is 0 Å². The van der Waals surface area contributed by atoms with Gasteiger partial charge in [0.05, 0.1) is 17.5 Å². The average Bonchev–Trinajstić information content (AvgIpc) is 3.39. The summed E-state index contributed by atoms with van der Waals surface area (Å²) in [5, 5.41) is 3.86. The van der Waals surface area contributed by atoms with Gasteiger partial charge in [0, 0.05) is 43.4 Å². The second-order valence-electron chi connectivity index (χ2n) is 7.87. The molecular weight excluding hydrogens is 378 g/mol. The maximum absolute atomic E-state index is 12.7. The van der Waals surface area contributed by atoms with E-state index in [-0.39, 0.29) is 5.91 Å². The van der Waals surface area contributed by atoms with Crippen LogP contribution in [-0.2, 0) is 7.05 Å². The number of carbonyl (C=O) groups is 1. The number of fused-ring (bicyclic) bond motifs is 1. The van der Waals surface area contributed by atoms with Crippen LogP contribution in [0.25, 0.3) is 22.3 Å². The van der Waals surface area contributed by atoms with Crippen LogP contribution in [0.4, 0.5) is 0 Å². The van der Waals surface area contributed by atoms with Crippen LogP contribution >= 0.6 is 0 Å². The number of carbonyl (C=O) groups excluding carboxylic acids is 1. The van der Waals surface area contributed by atoms with Crippen LogP contribution in [0, 0.1) is 6.92 Å². The minimum atomic E-state index is -0.0645. The summed E-state index contributed by atoms with van der Waals surface area (Å²) < 4.78 is 7.09. The summed E-state index contributed by atoms with van der Waals surface area (Å²) in [7, 11) is 2.01. The van der Waals surface area contributed by atoms with Crippen molar-refractivity contribution in [3.63, 3.8) is 0 Å². The van der Waals surface area contributed by atoms with Gasteiger partial charge in [0.1, 0.15) is 11.3 Å². The standard InChI is InChI=1S/C23H23N5O2/c1-15-12-19(26-30-15)23(29)28-10-8-16(9-11-28)18-13-20-22(24-14-27(20)2)21(25-18)17-6-4-3-5-7-17/h3-7,12-14,16H,8-11H2,1-2H3. The number of benzene rings is 1. The van der Waals surface area contributed by atoms with Gasteiger partial charge in [0.2, 0.25) is 0 Å². The Kier molecular flexibility index (Phi) is 4.58. The fraction of sp³-hybridized carbons (Fsp3) is 0.304. The first-order valence-corrected chi connectivity index (χ1v) is 10.2. The first-order chi connectivity index (χ1) is 14.6. The van der Waals surface area contributed by atoms with E-state index in [1.807, 2.05) is 41.0 Å². The maximum Gasteiger partial charge on any atom is 0.276 e. The summed E-state index contributed by atoms with van der Waals surface area (Å²) in [5.41, 5.74) is 5.43. The molecule has 4 heterocycles. The molecule has 0 saturated carbocycles. The van der Waals surface area contributed by atoms with E-state index in [0.717, 1.165) is 40.8 Å². The Balaban J connectivity index is 1.42. The average molecular weight is 401 g/mol. The lowest BCUT2D eigenvalue weighted by Crippen LogP contribution is -2.38. The summed E-state index contributed by atoms with van der Waals surface area (Å²) in [4.78, 5) is 24.1. The van der Waals surface area contributed by atoms with Crippen molar-refractivity contribution in [2.24, 2.45) is 7.05 Å². The van der Waals surface area contributed by atoms with Gasteiger partial charge < -0.3 is 14.0 Å². The third-order valence-corrected chi connectivity index (χ3v) is 5.83. The molecule has 0 atom stereocenters. The van der Waals surface area contributed by atoms with Crippen molar-refractivity contribution in [2.75, 3.05) is 13.1 Å². The quantitative estimate of drug-likeness (QED) is 0.519. The zero-order valence-corrected chi connectivity index (χ0v) is 17.1. The van der Waals surface area contributed by atoms with Crippen LogP contribution in [0.15, 0.2) is 53.3 Å². The van der Waals surface area contributed by atoms with Crippen LogP contribution in [0.3, 0.4) is 0 Å². The number of hydrogen-bond acceptors (Lipinski definition) is 5. The number of hydrogen-bond donors (Lipinski definition) is 0. The number of piperidine rings is 1. The van der Waals surface area contributed by atoms with Crippen molar-refractivity contribution >= 4 is 16.9 Å². The van der Waals surface area contributed by atoms with E-state index in [1.165, 1.54) is 0 Å². The lowest BCUT2D eigenvalue weighted by atomic mass is 9.92. The third kappa shape index (κ3) is 3.26. The number of likely N-dealkylation sites (tertiary alicyclic amines) is 1. The van der Waals surface area contributed by atoms with Gasteiger partial charge in [-0.15, -0.1) is 0 Å². The molecular formula is C23H23N5O2. The summed E-state index contributed by atoms with van der Waals surface area (Å²) >= 11 is 0. The smallest absolute Gasteiger partial charge is 0.276 e. The molecule has 0 radical (unpaired) electrons. The summed E-state index contributed by atoms with van der Waals surface area (Å²) in [6.45, 7) is 3.16. The molecule has 1 aliphatic heterocycles. The molecule has 7 nitrogen and oxygen atoms in total. The molecule has 0 unspecified atom stereocenters. The molecule has 7 heteroatoms. The van der Waals surface area contributed by atoms with Crippen molar-refractivity contribution in [3.05, 3.63) is 65.9 Å². The molecule has 1 saturated heterocycles. The van der Waals surface area contributed by atoms with Crippen LogP contribution in [-0.4, -0.2) is 43.6 Å². The van der Waals surface area contributed by atoms with Gasteiger partial charge in [0.25, 0.3) is 5.91 Å². The summed E-state index contributed by atoms with van der Waals surface area (Å²) in [6.07, 6.45) is 3.57. The molecule has 0 N–H and O–H groups in total. The molecule has 0 bridgehead atoms. The third-order valence-electron chi connectivity index (χ3n) is 5.83. The van der Waals surface area contributed by atoms with E-state index in [9.17, 15) is 4.79 Å². The highest BCUT2D eigenvalue weighted by Gasteiger charge is 2.28. The van der Waals surface area contributed by atoms with Crippen molar-refractivity contribution in [3.8, 4) is 11.3 Å². The number of amides is 1. The largest absolute Gasteiger partial charge is 0.361 e. The van der Waals surface area contributed by atoms with Gasteiger partial charge in [-0.25, -0.2) is 4.98 Å². The fourth-order valence-corrected chi connectivity index (χ4v) is 4.16. The van der Waals surface area contributed by atoms with Crippen molar-refractivity contribution in [1.29, 1.82) is 0 Å². The SMILES string of the molecule is Cc1cc(C(=O)N2CCC(c3cc4c(ncn4C)c(-c4ccccc4)n3)CC2)no1. The minimum absolute atomic E-state index is 0.0645. The highest BCUT2D eigenvalue weighted by atomic mass is 16.5. The molecule has 1 amide bonds. The highest BCUT2D eigenvalue weighted by Crippen LogP contribution is 2.33. The van der Waals surface area contributed by atoms with Crippen LogP contribution in [0.2, 0.25) is 0 Å². The van der Waals surface area contributed by atoms with E-state index >= 15 is 0 Å². The Morgan fingerprint density at radius 2 is 1.90 bits per heavy atom. The molecule has 0 spiro atoms. The predicted molar refractivity (Wildman–Crippen MR) is 113 cm³/mol. The Bertz CT molecular complexity index is 1200. The zero-order valence-electron chi connectivity index (χ0n) is 17.1. The van der Waals surface area contributed by atoms with Gasteiger partial charge in [-0.1, -0.05) is 35.5 Å². The predicted octanol–water partition coefficient (Wildman–Crippen LogP) is 3.95. The molecule has 152 valence electrons. The fourth-order valence-electron chi connectivity index (χ4n) is 4.16. The molecule has 5 rings (SSSR count). The number of aryl methyl sites for hydroxylation is 2. The monoisotopic (exact) mass is 401 g/mol. The van der Waals surface area contributed by atoms with Gasteiger partial charge >= 0.3 is 0 Å². The first kappa shape index (κ1) is 18.5. The maximum atomic E-state index is 12.7. The summed E-state index contributed by atoms with van der Waals surface area (Å²) in [6, 6.07) is 14.0. The van der Waals surface area contributed by atoms with Crippen LogP contribution < -0.4 is 0 Å². The minimum Gasteiger partial charge on any atom is -0.361 e. The summed E-state index contributed by atoms with van der Waals surface area (Å²) in [5.74, 6) is 0.885. The van der Waals surface area contributed by atoms with Gasteiger partial charge in [-0.3, -0.25) is 9.78 Å². The van der Waals surface area contributed by atoms with Gasteiger partial charge in [-0.05, 0) is 25.8 Å². The van der Waals surface area contributed by atoms with Crippen molar-refractivity contribution in [2.45, 2.75) is 25.7 Å². The van der Waals surface area contributed by atoms with Crippen LogP contribution in [0.1, 0.15) is 40.7 Å². The topological polar surface area (TPSA) is 77.1 Å². The number of nitrogens with zero attached hydrogens (tertiary/aromatic N) is 5. The number of pyridine rings is 1. The lowest BCUT2D eigenvalue weighted by molar-refractivity contribution is 0.0701. The second-order valence-corrected chi connectivity index (χ2v) is 7.87. The Labute approximate surface area is 174 Å².